The Morgan fingerprint density at radius 2 is 2.19 bits per heavy atom. The molecule has 0 spiro atoms. The highest BCUT2D eigenvalue weighted by molar-refractivity contribution is 5.85. The third-order valence-electron chi connectivity index (χ3n) is 2.50. The molecule has 0 saturated heterocycles. The van der Waals surface area contributed by atoms with Crippen LogP contribution in [-0.4, -0.2) is 16.9 Å². The molecule has 0 atom stereocenters. The number of hydrogen-bond acceptors (Lipinski definition) is 3. The molecule has 0 aliphatic carbocycles. The Hall–Kier alpha value is -2.02. The fourth-order valence-electron chi connectivity index (χ4n) is 1.70. The van der Waals surface area contributed by atoms with Gasteiger partial charge < -0.3 is 4.74 Å². The second-order valence-electron chi connectivity index (χ2n) is 3.88. The third kappa shape index (κ3) is 1.50. The number of benzene rings is 1. The van der Waals surface area contributed by atoms with Crippen LogP contribution in [0.3, 0.4) is 0 Å². The average Bonchev–Trinajstić information content (AvgIpc) is 2.66. The van der Waals surface area contributed by atoms with Crippen molar-refractivity contribution in [2.45, 2.75) is 19.9 Å². The van der Waals surface area contributed by atoms with Gasteiger partial charge in [0, 0.05) is 17.5 Å². The van der Waals surface area contributed by atoms with Crippen LogP contribution in [0.5, 0.6) is 5.75 Å². The third-order valence-corrected chi connectivity index (χ3v) is 2.50. The largest absolute Gasteiger partial charge is 0.497 e. The lowest BCUT2D eigenvalue weighted by Gasteiger charge is -2.05. The van der Waals surface area contributed by atoms with Crippen LogP contribution in [0.25, 0.3) is 10.9 Å². The van der Waals surface area contributed by atoms with Gasteiger partial charge in [0.1, 0.15) is 17.5 Å². The first kappa shape index (κ1) is 10.5. The topological polar surface area (TPSA) is 50.8 Å². The highest BCUT2D eigenvalue weighted by atomic mass is 16.5. The van der Waals surface area contributed by atoms with Crippen LogP contribution in [0, 0.1) is 11.3 Å². The van der Waals surface area contributed by atoms with Gasteiger partial charge >= 0.3 is 0 Å². The zero-order chi connectivity index (χ0) is 11.7. The van der Waals surface area contributed by atoms with Gasteiger partial charge in [-0.05, 0) is 26.0 Å². The van der Waals surface area contributed by atoms with Crippen molar-refractivity contribution in [2.24, 2.45) is 0 Å². The number of fused-ring (bicyclic) bond motifs is 1. The number of ether oxygens (including phenoxy) is 1. The molecule has 82 valence electrons. The van der Waals surface area contributed by atoms with E-state index in [-0.39, 0.29) is 6.04 Å². The van der Waals surface area contributed by atoms with E-state index in [0.29, 0.717) is 5.69 Å². The standard InChI is InChI=1S/C12H13N3O/c1-8(2)15-12(7-13)10-5-4-9(16-3)6-11(10)14-15/h4-6,8H,1-3H3. The maximum absolute atomic E-state index is 9.14. The van der Waals surface area contributed by atoms with Crippen LogP contribution >= 0.6 is 0 Å². The fourth-order valence-corrected chi connectivity index (χ4v) is 1.70. The molecule has 0 bridgehead atoms. The summed E-state index contributed by atoms with van der Waals surface area (Å²) >= 11 is 0. The molecule has 0 aliphatic heterocycles. The number of nitriles is 1. The Morgan fingerprint density at radius 3 is 2.75 bits per heavy atom. The first-order valence-corrected chi connectivity index (χ1v) is 5.13. The summed E-state index contributed by atoms with van der Waals surface area (Å²) in [6, 6.07) is 7.93. The number of hydrogen-bond donors (Lipinski definition) is 0. The van der Waals surface area contributed by atoms with E-state index in [1.165, 1.54) is 0 Å². The van der Waals surface area contributed by atoms with Crippen molar-refractivity contribution in [3.8, 4) is 11.8 Å². The molecule has 4 heteroatoms. The zero-order valence-corrected chi connectivity index (χ0v) is 9.56. The molecule has 1 aromatic carbocycles. The minimum atomic E-state index is 0.174. The molecule has 4 nitrogen and oxygen atoms in total. The van der Waals surface area contributed by atoms with Gasteiger partial charge in [-0.3, -0.25) is 4.68 Å². The van der Waals surface area contributed by atoms with Crippen molar-refractivity contribution < 1.29 is 4.74 Å². The second kappa shape index (κ2) is 3.86. The van der Waals surface area contributed by atoms with Gasteiger partial charge in [0.2, 0.25) is 0 Å². The van der Waals surface area contributed by atoms with Crippen LogP contribution in [0.1, 0.15) is 25.6 Å². The molecule has 0 radical (unpaired) electrons. The van der Waals surface area contributed by atoms with E-state index in [1.807, 2.05) is 32.0 Å². The van der Waals surface area contributed by atoms with E-state index in [4.69, 9.17) is 10.00 Å². The van der Waals surface area contributed by atoms with Crippen LogP contribution < -0.4 is 4.74 Å². The Bertz CT molecular complexity index is 563. The lowest BCUT2D eigenvalue weighted by Crippen LogP contribution is -2.04. The monoisotopic (exact) mass is 215 g/mol. The molecule has 0 saturated carbocycles. The smallest absolute Gasteiger partial charge is 0.146 e. The average molecular weight is 215 g/mol. The first-order valence-electron chi connectivity index (χ1n) is 5.13. The highest BCUT2D eigenvalue weighted by Gasteiger charge is 2.13. The van der Waals surface area contributed by atoms with Crippen LogP contribution in [0.4, 0.5) is 0 Å². The summed E-state index contributed by atoms with van der Waals surface area (Å²) in [5.74, 6) is 0.755. The molecule has 2 aromatic rings. The summed E-state index contributed by atoms with van der Waals surface area (Å²) < 4.78 is 6.87. The molecule has 0 amide bonds. The summed E-state index contributed by atoms with van der Waals surface area (Å²) in [4.78, 5) is 0. The summed E-state index contributed by atoms with van der Waals surface area (Å²) in [5.41, 5.74) is 1.40. The number of rotatable bonds is 2. The molecular weight excluding hydrogens is 202 g/mol. The van der Waals surface area contributed by atoms with E-state index in [9.17, 15) is 0 Å². The van der Waals surface area contributed by atoms with E-state index >= 15 is 0 Å². The Morgan fingerprint density at radius 1 is 1.44 bits per heavy atom. The number of nitrogens with zero attached hydrogens (tertiary/aromatic N) is 3. The number of methoxy groups -OCH3 is 1. The lowest BCUT2D eigenvalue weighted by atomic mass is 10.2. The number of aromatic nitrogens is 2. The van der Waals surface area contributed by atoms with Crippen molar-refractivity contribution in [3.63, 3.8) is 0 Å². The quantitative estimate of drug-likeness (QED) is 0.773. The summed E-state index contributed by atoms with van der Waals surface area (Å²) in [5, 5.41) is 14.4. The molecule has 0 N–H and O–H groups in total. The van der Waals surface area contributed by atoms with Gasteiger partial charge in [-0.15, -0.1) is 0 Å². The summed E-state index contributed by atoms with van der Waals surface area (Å²) in [7, 11) is 1.62. The predicted molar refractivity (Wildman–Crippen MR) is 61.4 cm³/mol. The Balaban J connectivity index is 2.72. The first-order chi connectivity index (χ1) is 7.67. The van der Waals surface area contributed by atoms with E-state index in [1.54, 1.807) is 11.8 Å². The minimum Gasteiger partial charge on any atom is -0.497 e. The van der Waals surface area contributed by atoms with Gasteiger partial charge in [-0.25, -0.2) is 0 Å². The van der Waals surface area contributed by atoms with Crippen LogP contribution in [0.2, 0.25) is 0 Å². The van der Waals surface area contributed by atoms with Gasteiger partial charge in [0.05, 0.1) is 12.6 Å². The second-order valence-corrected chi connectivity index (χ2v) is 3.88. The fraction of sp³-hybridized carbons (Fsp3) is 0.333. The molecule has 2 rings (SSSR count). The van der Waals surface area contributed by atoms with Crippen molar-refractivity contribution in [1.82, 2.24) is 9.78 Å². The van der Waals surface area contributed by atoms with Gasteiger partial charge in [-0.1, -0.05) is 0 Å². The van der Waals surface area contributed by atoms with E-state index in [0.717, 1.165) is 16.7 Å². The van der Waals surface area contributed by atoms with Crippen LogP contribution in [-0.2, 0) is 0 Å². The molecule has 0 fully saturated rings. The molecular formula is C12H13N3O. The molecule has 1 heterocycles. The lowest BCUT2D eigenvalue weighted by molar-refractivity contribution is 0.415. The van der Waals surface area contributed by atoms with Crippen molar-refractivity contribution in [3.05, 3.63) is 23.9 Å². The Kier molecular flexibility index (Phi) is 2.53. The van der Waals surface area contributed by atoms with E-state index < -0.39 is 0 Å². The highest BCUT2D eigenvalue weighted by Crippen LogP contribution is 2.24. The van der Waals surface area contributed by atoms with Gasteiger partial charge in [0.15, 0.2) is 0 Å². The SMILES string of the molecule is COc1ccc2c(C#N)n(C(C)C)nc2c1. The predicted octanol–water partition coefficient (Wildman–Crippen LogP) is 2.50. The minimum absolute atomic E-state index is 0.174. The molecule has 16 heavy (non-hydrogen) atoms. The van der Waals surface area contributed by atoms with Gasteiger partial charge in [-0.2, -0.15) is 10.4 Å². The van der Waals surface area contributed by atoms with Crippen LogP contribution in [0.15, 0.2) is 18.2 Å². The maximum Gasteiger partial charge on any atom is 0.146 e. The zero-order valence-electron chi connectivity index (χ0n) is 9.56. The Labute approximate surface area is 94.1 Å². The maximum atomic E-state index is 9.14. The summed E-state index contributed by atoms with van der Waals surface area (Å²) in [6.07, 6.45) is 0. The molecule has 1 aromatic heterocycles. The van der Waals surface area contributed by atoms with Crippen molar-refractivity contribution >= 4 is 10.9 Å². The molecule has 0 unspecified atom stereocenters. The van der Waals surface area contributed by atoms with Crippen molar-refractivity contribution in [2.75, 3.05) is 7.11 Å². The van der Waals surface area contributed by atoms with E-state index in [2.05, 4.69) is 11.2 Å². The normalized spacial score (nSPS) is 10.7. The van der Waals surface area contributed by atoms with Crippen molar-refractivity contribution in [1.29, 1.82) is 5.26 Å². The molecule has 0 aliphatic rings. The van der Waals surface area contributed by atoms with Gasteiger partial charge in [0.25, 0.3) is 0 Å². The summed E-state index contributed by atoms with van der Waals surface area (Å²) in [6.45, 7) is 4.01.